The monoisotopic (exact) mass is 449 g/mol. The maximum Gasteiger partial charge on any atom is 0.283 e. The Morgan fingerprint density at radius 3 is 2.78 bits per heavy atom. The highest BCUT2D eigenvalue weighted by Gasteiger charge is 2.25. The molecule has 1 aliphatic rings. The van der Waals surface area contributed by atoms with Crippen molar-refractivity contribution in [2.75, 3.05) is 0 Å². The Morgan fingerprint density at radius 2 is 2.06 bits per heavy atom. The minimum Gasteiger partial charge on any atom is -0.274 e. The molecule has 1 aromatic carbocycles. The van der Waals surface area contributed by atoms with E-state index in [1.54, 1.807) is 24.5 Å². The molecule has 0 radical (unpaired) electrons. The van der Waals surface area contributed by atoms with Crippen molar-refractivity contribution in [1.29, 1.82) is 5.26 Å². The number of nitrogens with one attached hydrogen (secondary N) is 1. The fourth-order valence-corrected chi connectivity index (χ4v) is 4.94. The second-order valence-electron chi connectivity index (χ2n) is 8.06. The molecule has 2 heterocycles. The molecule has 0 bridgehead atoms. The van der Waals surface area contributed by atoms with Crippen molar-refractivity contribution in [2.24, 2.45) is 0 Å². The lowest BCUT2D eigenvalue weighted by Crippen LogP contribution is -2.32. The van der Waals surface area contributed by atoms with Crippen LogP contribution in [-0.4, -0.2) is 29.1 Å². The maximum absolute atomic E-state index is 12.9. The minimum absolute atomic E-state index is 0.00257. The molecule has 0 aliphatic heterocycles. The highest BCUT2D eigenvalue weighted by Crippen LogP contribution is 2.34. The molecule has 0 saturated heterocycles. The van der Waals surface area contributed by atoms with E-state index in [-0.39, 0.29) is 23.2 Å². The molecule has 0 fully saturated rings. The molecule has 0 atom stereocenters. The van der Waals surface area contributed by atoms with Gasteiger partial charge in [-0.2, -0.15) is 18.8 Å². The van der Waals surface area contributed by atoms with Crippen LogP contribution >= 0.6 is 0 Å². The van der Waals surface area contributed by atoms with E-state index in [0.29, 0.717) is 0 Å². The van der Waals surface area contributed by atoms with Crippen molar-refractivity contribution in [1.82, 2.24) is 19.5 Å². The highest BCUT2D eigenvalue weighted by atomic mass is 32.2. The highest BCUT2D eigenvalue weighted by molar-refractivity contribution is 7.90. The summed E-state index contributed by atoms with van der Waals surface area (Å²) in [5.74, 6) is -0.625. The normalized spacial score (nSPS) is 13.1. The minimum atomic E-state index is -4.08. The summed E-state index contributed by atoms with van der Waals surface area (Å²) in [5.41, 5.74) is 4.89. The van der Waals surface area contributed by atoms with Crippen LogP contribution in [0, 0.1) is 11.3 Å². The Balaban J connectivity index is 1.65. The zero-order chi connectivity index (χ0) is 22.9. The smallest absolute Gasteiger partial charge is 0.274 e. The molecule has 0 unspecified atom stereocenters. The number of pyridine rings is 1. The van der Waals surface area contributed by atoms with Gasteiger partial charge in [-0.3, -0.25) is 9.48 Å². The quantitative estimate of drug-likeness (QED) is 0.618. The second-order valence-corrected chi connectivity index (χ2v) is 9.69. The molecule has 3 aromatic rings. The van der Waals surface area contributed by atoms with Crippen LogP contribution in [0.5, 0.6) is 0 Å². The van der Waals surface area contributed by atoms with Crippen LogP contribution in [0.25, 0.3) is 11.1 Å². The standard InChI is InChI=1S/C23H23N5O3S/c1-15(2)28-11-9-23(26-28)32(30,31)27-22(29)13-21-19-5-3-4-16(19)6-7-20(21)17-8-10-25-18(12-17)14-24/h6-12,15H,3-5,13H2,1-2H3,(H,27,29). The number of sulfonamides is 1. The number of aryl methyl sites for hydroxylation is 1. The van der Waals surface area contributed by atoms with Gasteiger partial charge in [0.25, 0.3) is 10.0 Å². The molecule has 0 spiro atoms. The summed E-state index contributed by atoms with van der Waals surface area (Å²) in [6.45, 7) is 3.77. The predicted octanol–water partition coefficient (Wildman–Crippen LogP) is 2.93. The van der Waals surface area contributed by atoms with E-state index in [1.165, 1.54) is 16.3 Å². The van der Waals surface area contributed by atoms with Crippen molar-refractivity contribution >= 4 is 15.9 Å². The third-order valence-corrected chi connectivity index (χ3v) is 6.83. The number of fused-ring (bicyclic) bond motifs is 1. The Hall–Kier alpha value is -3.51. The zero-order valence-electron chi connectivity index (χ0n) is 17.9. The van der Waals surface area contributed by atoms with Crippen LogP contribution in [0.15, 0.2) is 47.8 Å². The summed E-state index contributed by atoms with van der Waals surface area (Å²) < 4.78 is 29.1. The predicted molar refractivity (Wildman–Crippen MR) is 118 cm³/mol. The van der Waals surface area contributed by atoms with E-state index in [0.717, 1.165) is 41.5 Å². The average Bonchev–Trinajstić information content (AvgIpc) is 3.44. The molecule has 1 aliphatic carbocycles. The molecular formula is C23H23N5O3S. The molecule has 4 rings (SSSR count). The fraction of sp³-hybridized carbons (Fsp3) is 0.304. The van der Waals surface area contributed by atoms with E-state index in [2.05, 4.69) is 14.8 Å². The summed E-state index contributed by atoms with van der Waals surface area (Å²) in [6.07, 6.45) is 5.77. The summed E-state index contributed by atoms with van der Waals surface area (Å²) in [5, 5.41) is 13.1. The molecule has 9 heteroatoms. The Labute approximate surface area is 187 Å². The van der Waals surface area contributed by atoms with Gasteiger partial charge in [0.2, 0.25) is 5.91 Å². The van der Waals surface area contributed by atoms with Crippen molar-refractivity contribution in [3.63, 3.8) is 0 Å². The lowest BCUT2D eigenvalue weighted by atomic mass is 9.91. The van der Waals surface area contributed by atoms with Crippen molar-refractivity contribution in [2.45, 2.75) is 50.6 Å². The van der Waals surface area contributed by atoms with Crippen LogP contribution in [0.3, 0.4) is 0 Å². The number of benzene rings is 1. The van der Waals surface area contributed by atoms with Gasteiger partial charge in [0.15, 0.2) is 5.03 Å². The van der Waals surface area contributed by atoms with E-state index < -0.39 is 15.9 Å². The number of rotatable bonds is 6. The summed E-state index contributed by atoms with van der Waals surface area (Å²) >= 11 is 0. The van der Waals surface area contributed by atoms with Gasteiger partial charge in [-0.1, -0.05) is 12.1 Å². The number of carbonyl (C=O) groups excluding carboxylic acids is 1. The van der Waals surface area contributed by atoms with Crippen LogP contribution in [0.2, 0.25) is 0 Å². The number of carbonyl (C=O) groups is 1. The SMILES string of the molecule is CC(C)n1ccc(S(=O)(=O)NC(=O)Cc2c(-c3ccnc(C#N)c3)ccc3c2CCC3)n1. The van der Waals surface area contributed by atoms with Gasteiger partial charge < -0.3 is 0 Å². The Kier molecular flexibility index (Phi) is 5.80. The van der Waals surface area contributed by atoms with Gasteiger partial charge in [-0.25, -0.2) is 9.71 Å². The van der Waals surface area contributed by atoms with Crippen LogP contribution in [0.1, 0.15) is 48.7 Å². The van der Waals surface area contributed by atoms with Crippen molar-refractivity contribution < 1.29 is 13.2 Å². The summed E-state index contributed by atoms with van der Waals surface area (Å²) in [6, 6.07) is 10.8. The maximum atomic E-state index is 12.9. The molecule has 1 N–H and O–H groups in total. The molecule has 2 aromatic heterocycles. The number of nitrogens with zero attached hydrogens (tertiary/aromatic N) is 4. The lowest BCUT2D eigenvalue weighted by molar-refractivity contribution is -0.118. The summed E-state index contributed by atoms with van der Waals surface area (Å²) in [4.78, 5) is 16.9. The number of aromatic nitrogens is 3. The third kappa shape index (κ3) is 4.27. The molecule has 0 saturated carbocycles. The van der Waals surface area contributed by atoms with Crippen LogP contribution in [0.4, 0.5) is 0 Å². The Bertz CT molecular complexity index is 1340. The molecule has 32 heavy (non-hydrogen) atoms. The van der Waals surface area contributed by atoms with E-state index in [9.17, 15) is 18.5 Å². The third-order valence-electron chi connectivity index (χ3n) is 5.56. The molecule has 1 amide bonds. The number of hydrogen-bond donors (Lipinski definition) is 1. The second kappa shape index (κ2) is 8.55. The largest absolute Gasteiger partial charge is 0.283 e. The lowest BCUT2D eigenvalue weighted by Gasteiger charge is -2.15. The molecule has 8 nitrogen and oxygen atoms in total. The van der Waals surface area contributed by atoms with Gasteiger partial charge in [0.05, 0.1) is 6.42 Å². The average molecular weight is 450 g/mol. The van der Waals surface area contributed by atoms with Gasteiger partial charge in [-0.05, 0) is 79.1 Å². The first-order chi connectivity index (χ1) is 15.3. The van der Waals surface area contributed by atoms with Gasteiger partial charge >= 0.3 is 0 Å². The van der Waals surface area contributed by atoms with E-state index >= 15 is 0 Å². The fourth-order valence-electron chi connectivity index (χ4n) is 4.02. The summed E-state index contributed by atoms with van der Waals surface area (Å²) in [7, 11) is -4.08. The van der Waals surface area contributed by atoms with Crippen molar-refractivity contribution in [3.05, 3.63) is 65.1 Å². The van der Waals surface area contributed by atoms with E-state index in [1.807, 2.05) is 32.0 Å². The number of amides is 1. The Morgan fingerprint density at radius 1 is 1.25 bits per heavy atom. The van der Waals surface area contributed by atoms with Gasteiger partial charge in [0.1, 0.15) is 11.8 Å². The number of hydrogen-bond acceptors (Lipinski definition) is 6. The van der Waals surface area contributed by atoms with Crippen LogP contribution < -0.4 is 4.72 Å². The first-order valence-electron chi connectivity index (χ1n) is 10.4. The zero-order valence-corrected chi connectivity index (χ0v) is 18.7. The van der Waals surface area contributed by atoms with Gasteiger partial charge in [0, 0.05) is 18.4 Å². The van der Waals surface area contributed by atoms with E-state index in [4.69, 9.17) is 0 Å². The van der Waals surface area contributed by atoms with Crippen molar-refractivity contribution in [3.8, 4) is 17.2 Å². The number of nitriles is 1. The van der Waals surface area contributed by atoms with Crippen LogP contribution in [-0.2, 0) is 34.1 Å². The molecule has 164 valence electrons. The molecular weight excluding hydrogens is 426 g/mol. The first-order valence-corrected chi connectivity index (χ1v) is 11.9. The van der Waals surface area contributed by atoms with Gasteiger partial charge in [-0.15, -0.1) is 0 Å². The first kappa shape index (κ1) is 21.7. The topological polar surface area (TPSA) is 118 Å².